The zero-order valence-electron chi connectivity index (χ0n) is 11.7. The summed E-state index contributed by atoms with van der Waals surface area (Å²) >= 11 is 0. The van der Waals surface area contributed by atoms with E-state index in [1.807, 2.05) is 0 Å². The van der Waals surface area contributed by atoms with E-state index in [0.717, 1.165) is 0 Å². The average Bonchev–Trinajstić information content (AvgIpc) is 3.16. The van der Waals surface area contributed by atoms with Gasteiger partial charge in [-0.3, -0.25) is 9.59 Å². The molecule has 0 saturated carbocycles. The molecule has 2 amide bonds. The molecule has 6 nitrogen and oxygen atoms in total. The van der Waals surface area contributed by atoms with Gasteiger partial charge in [0.05, 0.1) is 5.92 Å². The van der Waals surface area contributed by atoms with E-state index in [1.54, 1.807) is 12.1 Å². The number of hydrogen-bond donors (Lipinski definition) is 1. The number of hydrogen-bond acceptors (Lipinski definition) is 4. The predicted octanol–water partition coefficient (Wildman–Crippen LogP) is 1.43. The molecule has 1 aliphatic rings. The van der Waals surface area contributed by atoms with Crippen molar-refractivity contribution in [1.29, 1.82) is 0 Å². The van der Waals surface area contributed by atoms with Crippen molar-refractivity contribution in [1.82, 2.24) is 10.1 Å². The van der Waals surface area contributed by atoms with Crippen LogP contribution in [0.3, 0.4) is 0 Å². The average molecular weight is 303 g/mol. The van der Waals surface area contributed by atoms with E-state index in [1.165, 1.54) is 23.1 Å². The highest BCUT2D eigenvalue weighted by molar-refractivity contribution is 5.93. The van der Waals surface area contributed by atoms with Crippen molar-refractivity contribution in [2.75, 3.05) is 13.1 Å². The van der Waals surface area contributed by atoms with Crippen molar-refractivity contribution in [3.05, 3.63) is 41.9 Å². The van der Waals surface area contributed by atoms with Gasteiger partial charge in [0.2, 0.25) is 11.7 Å². The Hall–Kier alpha value is -2.70. The van der Waals surface area contributed by atoms with Crippen molar-refractivity contribution in [2.24, 2.45) is 11.7 Å². The van der Waals surface area contributed by atoms with Crippen LogP contribution in [0.4, 0.5) is 4.39 Å². The van der Waals surface area contributed by atoms with Crippen LogP contribution in [0.15, 0.2) is 34.9 Å². The number of nitrogens with zero attached hydrogens (tertiary/aromatic N) is 2. The monoisotopic (exact) mass is 303 g/mol. The Morgan fingerprint density at radius 2 is 2.18 bits per heavy atom. The molecule has 1 unspecified atom stereocenters. The van der Waals surface area contributed by atoms with Crippen LogP contribution < -0.4 is 5.73 Å². The summed E-state index contributed by atoms with van der Waals surface area (Å²) in [5.74, 6) is -1.41. The van der Waals surface area contributed by atoms with Gasteiger partial charge >= 0.3 is 0 Å². The minimum Gasteiger partial charge on any atom is -0.369 e. The van der Waals surface area contributed by atoms with Crippen LogP contribution in [-0.2, 0) is 4.79 Å². The van der Waals surface area contributed by atoms with Crippen LogP contribution >= 0.6 is 0 Å². The maximum Gasteiger partial charge on any atom is 0.292 e. The third-order valence-electron chi connectivity index (χ3n) is 3.72. The highest BCUT2D eigenvalue weighted by Gasteiger charge is 2.31. The maximum atomic E-state index is 13.2. The Bertz CT molecular complexity index is 728. The Morgan fingerprint density at radius 1 is 1.36 bits per heavy atom. The fourth-order valence-corrected chi connectivity index (χ4v) is 2.49. The van der Waals surface area contributed by atoms with Crippen LogP contribution in [0.1, 0.15) is 17.0 Å². The minimum absolute atomic E-state index is 0.0596. The minimum atomic E-state index is -0.409. The molecule has 0 bridgehead atoms. The van der Waals surface area contributed by atoms with Gasteiger partial charge in [0.15, 0.2) is 0 Å². The number of aromatic nitrogens is 1. The molecule has 0 spiro atoms. The summed E-state index contributed by atoms with van der Waals surface area (Å²) in [6.07, 6.45) is 0.548. The van der Waals surface area contributed by atoms with Crippen LogP contribution in [0, 0.1) is 11.7 Å². The molecule has 1 aliphatic heterocycles. The number of rotatable bonds is 3. The van der Waals surface area contributed by atoms with E-state index in [0.29, 0.717) is 24.2 Å². The molecule has 7 heteroatoms. The first-order valence-corrected chi connectivity index (χ1v) is 6.86. The first-order chi connectivity index (χ1) is 10.5. The SMILES string of the molecule is NC(=O)C1CCN(C(=O)c2cc(-c3cccc(F)c3)no2)C1. The molecule has 3 rings (SSSR count). The van der Waals surface area contributed by atoms with E-state index in [9.17, 15) is 14.0 Å². The molecule has 1 saturated heterocycles. The lowest BCUT2D eigenvalue weighted by molar-refractivity contribution is -0.121. The number of benzene rings is 1. The van der Waals surface area contributed by atoms with Crippen LogP contribution in [0.5, 0.6) is 0 Å². The third-order valence-corrected chi connectivity index (χ3v) is 3.72. The zero-order chi connectivity index (χ0) is 15.7. The third kappa shape index (κ3) is 2.69. The molecule has 2 heterocycles. The van der Waals surface area contributed by atoms with E-state index >= 15 is 0 Å². The van der Waals surface area contributed by atoms with Gasteiger partial charge in [-0.25, -0.2) is 4.39 Å². The van der Waals surface area contributed by atoms with Gasteiger partial charge in [0.1, 0.15) is 11.5 Å². The summed E-state index contributed by atoms with van der Waals surface area (Å²) in [5, 5.41) is 3.79. The molecule has 0 radical (unpaired) electrons. The maximum absolute atomic E-state index is 13.2. The zero-order valence-corrected chi connectivity index (χ0v) is 11.7. The van der Waals surface area contributed by atoms with Crippen LogP contribution in [0.25, 0.3) is 11.3 Å². The second-order valence-electron chi connectivity index (χ2n) is 5.23. The lowest BCUT2D eigenvalue weighted by Crippen LogP contribution is -2.31. The lowest BCUT2D eigenvalue weighted by atomic mass is 10.1. The number of halogens is 1. The normalized spacial score (nSPS) is 17.7. The van der Waals surface area contributed by atoms with Crippen molar-refractivity contribution >= 4 is 11.8 Å². The van der Waals surface area contributed by atoms with Crippen LogP contribution in [-0.4, -0.2) is 35.0 Å². The van der Waals surface area contributed by atoms with Gasteiger partial charge in [0, 0.05) is 24.7 Å². The quantitative estimate of drug-likeness (QED) is 0.928. The van der Waals surface area contributed by atoms with Crippen molar-refractivity contribution < 1.29 is 18.5 Å². The van der Waals surface area contributed by atoms with Crippen molar-refractivity contribution in [3.8, 4) is 11.3 Å². The van der Waals surface area contributed by atoms with Crippen molar-refractivity contribution in [2.45, 2.75) is 6.42 Å². The Balaban J connectivity index is 1.77. The second-order valence-corrected chi connectivity index (χ2v) is 5.23. The molecule has 1 atom stereocenters. The molecule has 1 aromatic carbocycles. The number of nitrogens with two attached hydrogens (primary N) is 1. The summed E-state index contributed by atoms with van der Waals surface area (Å²) in [4.78, 5) is 24.9. The molecule has 114 valence electrons. The molecule has 2 N–H and O–H groups in total. The van der Waals surface area contributed by atoms with Gasteiger partial charge in [-0.1, -0.05) is 17.3 Å². The molecule has 0 aliphatic carbocycles. The summed E-state index contributed by atoms with van der Waals surface area (Å²) in [7, 11) is 0. The molecular weight excluding hydrogens is 289 g/mol. The first kappa shape index (κ1) is 14.2. The van der Waals surface area contributed by atoms with Crippen LogP contribution in [0.2, 0.25) is 0 Å². The van der Waals surface area contributed by atoms with Crippen molar-refractivity contribution in [3.63, 3.8) is 0 Å². The topological polar surface area (TPSA) is 89.4 Å². The lowest BCUT2D eigenvalue weighted by Gasteiger charge is -2.13. The van der Waals surface area contributed by atoms with E-state index < -0.39 is 11.7 Å². The second kappa shape index (κ2) is 5.59. The van der Waals surface area contributed by atoms with E-state index in [2.05, 4.69) is 5.16 Å². The predicted molar refractivity (Wildman–Crippen MR) is 75.1 cm³/mol. The molecule has 22 heavy (non-hydrogen) atoms. The fraction of sp³-hybridized carbons (Fsp3) is 0.267. The van der Waals surface area contributed by atoms with Gasteiger partial charge in [-0.15, -0.1) is 0 Å². The summed E-state index contributed by atoms with van der Waals surface area (Å²) in [6, 6.07) is 7.33. The highest BCUT2D eigenvalue weighted by atomic mass is 19.1. The van der Waals surface area contributed by atoms with Gasteiger partial charge in [0.25, 0.3) is 5.91 Å². The first-order valence-electron chi connectivity index (χ1n) is 6.86. The number of primary amides is 1. The Kier molecular flexibility index (Phi) is 3.62. The Morgan fingerprint density at radius 3 is 2.86 bits per heavy atom. The standard InChI is InChI=1S/C15H14FN3O3/c16-11-3-1-2-9(6-11)12-7-13(22-18-12)15(21)19-5-4-10(8-19)14(17)20/h1-3,6-7,10H,4-5,8H2,(H2,17,20). The summed E-state index contributed by atoms with van der Waals surface area (Å²) in [6.45, 7) is 0.729. The number of amides is 2. The molecule has 1 fully saturated rings. The number of carbonyl (C=O) groups excluding carboxylic acids is 2. The molecule has 2 aromatic rings. The molecule has 1 aromatic heterocycles. The number of carbonyl (C=O) groups is 2. The smallest absolute Gasteiger partial charge is 0.292 e. The van der Waals surface area contributed by atoms with Gasteiger partial charge in [-0.05, 0) is 18.6 Å². The van der Waals surface area contributed by atoms with E-state index in [-0.39, 0.29) is 24.1 Å². The molecular formula is C15H14FN3O3. The van der Waals surface area contributed by atoms with Gasteiger partial charge < -0.3 is 15.2 Å². The van der Waals surface area contributed by atoms with E-state index in [4.69, 9.17) is 10.3 Å². The summed E-state index contributed by atoms with van der Waals surface area (Å²) < 4.78 is 18.3. The highest BCUT2D eigenvalue weighted by Crippen LogP contribution is 2.23. The van der Waals surface area contributed by atoms with Gasteiger partial charge in [-0.2, -0.15) is 0 Å². The number of likely N-dealkylation sites (tertiary alicyclic amines) is 1. The fourth-order valence-electron chi connectivity index (χ4n) is 2.49. The Labute approximate surface area is 125 Å². The summed E-state index contributed by atoms with van der Waals surface area (Å²) in [5.41, 5.74) is 6.15. The largest absolute Gasteiger partial charge is 0.369 e.